The van der Waals surface area contributed by atoms with Gasteiger partial charge in [0.05, 0.1) is 11.5 Å². The molecule has 2 aromatic carbocycles. The first-order chi connectivity index (χ1) is 15.5. The predicted molar refractivity (Wildman–Crippen MR) is 125 cm³/mol. The third-order valence-electron chi connectivity index (χ3n) is 4.62. The molecule has 0 fully saturated rings. The van der Waals surface area contributed by atoms with Crippen LogP contribution in [0.2, 0.25) is 0 Å². The normalized spacial score (nSPS) is 12.3. The minimum atomic E-state index is -0.728. The summed E-state index contributed by atoms with van der Waals surface area (Å²) < 4.78 is 11.1. The Balaban J connectivity index is 0.00000385. The van der Waals surface area contributed by atoms with E-state index in [1.807, 2.05) is 42.5 Å². The highest BCUT2D eigenvalue weighted by Gasteiger charge is 2.17. The van der Waals surface area contributed by atoms with Crippen molar-refractivity contribution in [1.29, 1.82) is 0 Å². The molecule has 9 nitrogen and oxygen atoms in total. The van der Waals surface area contributed by atoms with Crippen LogP contribution < -0.4 is 14.8 Å². The smallest absolute Gasteiger partial charge is 0.331 e. The van der Waals surface area contributed by atoms with Gasteiger partial charge in [0, 0.05) is 24.8 Å². The highest BCUT2D eigenvalue weighted by Crippen LogP contribution is 2.28. The summed E-state index contributed by atoms with van der Waals surface area (Å²) in [7, 11) is 0. The third kappa shape index (κ3) is 8.32. The number of nitrogens with zero attached hydrogens (tertiary/aromatic N) is 2. The van der Waals surface area contributed by atoms with Gasteiger partial charge in [-0.25, -0.2) is 4.98 Å². The summed E-state index contributed by atoms with van der Waals surface area (Å²) in [6.45, 7) is 0.300. The molecule has 0 aliphatic rings. The van der Waals surface area contributed by atoms with E-state index in [2.05, 4.69) is 10.3 Å². The van der Waals surface area contributed by atoms with Crippen molar-refractivity contribution in [2.24, 2.45) is 0 Å². The van der Waals surface area contributed by atoms with Crippen molar-refractivity contribution in [2.75, 3.05) is 19.8 Å². The Morgan fingerprint density at radius 2 is 1.76 bits per heavy atom. The van der Waals surface area contributed by atoms with Gasteiger partial charge >= 0.3 is 5.69 Å². The van der Waals surface area contributed by atoms with Crippen LogP contribution in [0.3, 0.4) is 0 Å². The van der Waals surface area contributed by atoms with Crippen molar-refractivity contribution >= 4 is 18.1 Å². The van der Waals surface area contributed by atoms with Crippen LogP contribution in [0.25, 0.3) is 0 Å². The lowest BCUT2D eigenvalue weighted by Crippen LogP contribution is -2.41. The Kier molecular flexibility index (Phi) is 10.5. The van der Waals surface area contributed by atoms with E-state index in [9.17, 15) is 20.3 Å². The lowest BCUT2D eigenvalue weighted by molar-refractivity contribution is -0.386. The first-order valence-corrected chi connectivity index (χ1v) is 10.1. The van der Waals surface area contributed by atoms with Gasteiger partial charge < -0.3 is 25.0 Å². The van der Waals surface area contributed by atoms with Gasteiger partial charge in [-0.1, -0.05) is 30.3 Å². The molecule has 0 spiro atoms. The molecule has 3 rings (SSSR count). The van der Waals surface area contributed by atoms with Crippen LogP contribution >= 0.6 is 12.4 Å². The highest BCUT2D eigenvalue weighted by atomic mass is 35.5. The van der Waals surface area contributed by atoms with Crippen LogP contribution in [0.15, 0.2) is 72.9 Å². The van der Waals surface area contributed by atoms with Gasteiger partial charge in [0.1, 0.15) is 24.2 Å². The monoisotopic (exact) mass is 475 g/mol. The van der Waals surface area contributed by atoms with Gasteiger partial charge in [0.25, 0.3) is 5.88 Å². The van der Waals surface area contributed by atoms with Crippen molar-refractivity contribution in [2.45, 2.75) is 18.6 Å². The fourth-order valence-electron chi connectivity index (χ4n) is 2.96. The van der Waals surface area contributed by atoms with Gasteiger partial charge in [0.15, 0.2) is 0 Å². The number of aromatic nitrogens is 1. The zero-order chi connectivity index (χ0) is 22.8. The van der Waals surface area contributed by atoms with Gasteiger partial charge in [-0.2, -0.15) is 0 Å². The molecule has 0 aliphatic heterocycles. The minimum absolute atomic E-state index is 0. The van der Waals surface area contributed by atoms with E-state index in [0.29, 0.717) is 17.9 Å². The molecule has 2 atom stereocenters. The van der Waals surface area contributed by atoms with Crippen molar-refractivity contribution < 1.29 is 24.6 Å². The molecule has 1 aromatic heterocycles. The first kappa shape index (κ1) is 26.0. The summed E-state index contributed by atoms with van der Waals surface area (Å²) in [6, 6.07) is 18.8. The Bertz CT molecular complexity index is 991. The number of hydrogen-bond donors (Lipinski definition) is 3. The van der Waals surface area contributed by atoms with Crippen molar-refractivity contribution in [3.8, 4) is 17.4 Å². The zero-order valence-electron chi connectivity index (χ0n) is 17.7. The molecule has 0 radical (unpaired) electrons. The number of aliphatic hydroxyl groups excluding tert-OH is 2. The van der Waals surface area contributed by atoms with E-state index in [4.69, 9.17) is 9.47 Å². The van der Waals surface area contributed by atoms with E-state index in [0.717, 1.165) is 5.56 Å². The third-order valence-corrected chi connectivity index (χ3v) is 4.62. The number of aliphatic hydroxyl groups is 2. The number of halogens is 1. The van der Waals surface area contributed by atoms with Crippen LogP contribution in [-0.4, -0.2) is 52.0 Å². The van der Waals surface area contributed by atoms with Gasteiger partial charge in [-0.05, 0) is 42.3 Å². The second-order valence-corrected chi connectivity index (χ2v) is 7.10. The molecular formula is C23H26ClN3O6. The lowest BCUT2D eigenvalue weighted by Gasteiger charge is -2.19. The molecule has 10 heteroatoms. The van der Waals surface area contributed by atoms with E-state index in [1.165, 1.54) is 18.3 Å². The molecule has 33 heavy (non-hydrogen) atoms. The maximum atomic E-state index is 11.1. The van der Waals surface area contributed by atoms with Crippen LogP contribution in [0.4, 0.5) is 5.69 Å². The molecule has 3 aromatic rings. The van der Waals surface area contributed by atoms with Gasteiger partial charge in [0.2, 0.25) is 0 Å². The van der Waals surface area contributed by atoms with Crippen molar-refractivity contribution in [3.05, 3.63) is 88.6 Å². The molecule has 3 N–H and O–H groups in total. The molecule has 0 amide bonds. The lowest BCUT2D eigenvalue weighted by atomic mass is 10.1. The molecule has 0 saturated heterocycles. The summed E-state index contributed by atoms with van der Waals surface area (Å²) in [5.41, 5.74) is 0.713. The largest absolute Gasteiger partial charge is 0.491 e. The predicted octanol–water partition coefficient (Wildman–Crippen LogP) is 3.14. The first-order valence-electron chi connectivity index (χ1n) is 10.1. The van der Waals surface area contributed by atoms with Crippen molar-refractivity contribution in [3.63, 3.8) is 0 Å². The number of rotatable bonds is 12. The number of nitrogens with one attached hydrogen (secondary N) is 1. The fourth-order valence-corrected chi connectivity index (χ4v) is 2.96. The molecule has 176 valence electrons. The maximum Gasteiger partial charge on any atom is 0.331 e. The van der Waals surface area contributed by atoms with E-state index < -0.39 is 11.0 Å². The number of nitro groups is 1. The van der Waals surface area contributed by atoms with Crippen LogP contribution in [0, 0.1) is 10.1 Å². The quantitative estimate of drug-likeness (QED) is 0.269. The molecular weight excluding hydrogens is 450 g/mol. The SMILES string of the molecule is Cl.O=[N+]([O-])c1cccnc1Oc1ccc(C[C@@H](CO)NCC(O)COc2ccccc2)cc1. The Morgan fingerprint density at radius 3 is 2.42 bits per heavy atom. The van der Waals surface area contributed by atoms with Crippen LogP contribution in [-0.2, 0) is 6.42 Å². The fraction of sp³-hybridized carbons (Fsp3) is 0.261. The second kappa shape index (κ2) is 13.3. The number of hydrogen-bond acceptors (Lipinski definition) is 8. The molecule has 0 bridgehead atoms. The number of ether oxygens (including phenoxy) is 2. The van der Waals surface area contributed by atoms with Gasteiger partial charge in [-0.15, -0.1) is 12.4 Å². The Hall–Kier alpha value is -3.24. The second-order valence-electron chi connectivity index (χ2n) is 7.10. The van der Waals surface area contributed by atoms with Crippen molar-refractivity contribution in [1.82, 2.24) is 10.3 Å². The average Bonchev–Trinajstić information content (AvgIpc) is 2.82. The standard InChI is InChI=1S/C23H25N3O6.ClH/c27-15-18(25-14-19(28)16-31-20-5-2-1-3-6-20)13-17-8-10-21(11-9-17)32-23-22(26(29)30)7-4-12-24-23;/h1-12,18-19,25,27-28H,13-16H2;1H/t18-,19?;/m0./s1. The van der Waals surface area contributed by atoms with E-state index in [-0.39, 0.29) is 49.8 Å². The van der Waals surface area contributed by atoms with Gasteiger partial charge in [-0.3, -0.25) is 10.1 Å². The number of pyridine rings is 1. The molecule has 0 saturated carbocycles. The van der Waals surface area contributed by atoms with E-state index >= 15 is 0 Å². The Labute approximate surface area is 197 Å². The maximum absolute atomic E-state index is 11.1. The molecule has 1 unspecified atom stereocenters. The number of para-hydroxylation sites is 1. The summed E-state index contributed by atoms with van der Waals surface area (Å²) in [6.07, 6.45) is 1.22. The topological polar surface area (TPSA) is 127 Å². The van der Waals surface area contributed by atoms with E-state index in [1.54, 1.807) is 12.1 Å². The summed E-state index contributed by atoms with van der Waals surface area (Å²) in [4.78, 5) is 14.4. The minimum Gasteiger partial charge on any atom is -0.491 e. The Morgan fingerprint density at radius 1 is 1.03 bits per heavy atom. The summed E-state index contributed by atoms with van der Waals surface area (Å²) in [5.74, 6) is 1.02. The molecule has 1 heterocycles. The highest BCUT2D eigenvalue weighted by molar-refractivity contribution is 5.85. The summed E-state index contributed by atoms with van der Waals surface area (Å²) in [5, 5.41) is 34.0. The van der Waals surface area contributed by atoms with Crippen LogP contribution in [0.1, 0.15) is 5.56 Å². The molecule has 0 aliphatic carbocycles. The zero-order valence-corrected chi connectivity index (χ0v) is 18.6. The average molecular weight is 476 g/mol. The summed E-state index contributed by atoms with van der Waals surface area (Å²) >= 11 is 0. The number of benzene rings is 2. The van der Waals surface area contributed by atoms with Crippen LogP contribution in [0.5, 0.6) is 17.4 Å².